The Hall–Kier alpha value is -2.71. The predicted octanol–water partition coefficient (Wildman–Crippen LogP) is 3.32. The summed E-state index contributed by atoms with van der Waals surface area (Å²) in [5.74, 6) is -3.52. The molecule has 0 aromatic carbocycles. The van der Waals surface area contributed by atoms with Gasteiger partial charge in [-0.15, -0.1) is 0 Å². The van der Waals surface area contributed by atoms with Crippen LogP contribution in [0, 0.1) is 34.0 Å². The Morgan fingerprint density at radius 2 is 1.43 bits per heavy atom. The predicted molar refractivity (Wildman–Crippen MR) is 130 cm³/mol. The van der Waals surface area contributed by atoms with E-state index in [1.165, 1.54) is 27.7 Å². The van der Waals surface area contributed by atoms with Crippen molar-refractivity contribution in [3.8, 4) is 0 Å². The molecule has 4 aliphatic rings. The molecule has 0 N–H and O–H groups in total. The molecule has 37 heavy (non-hydrogen) atoms. The van der Waals surface area contributed by atoms with Crippen LogP contribution < -0.4 is 0 Å². The first-order valence-corrected chi connectivity index (χ1v) is 13.0. The van der Waals surface area contributed by atoms with Gasteiger partial charge < -0.3 is 18.9 Å². The molecular weight excluding hydrogens is 480 g/mol. The SMILES string of the molecule is C=C1C2CC(=O)[C@H]3[C@@]4(C)CC[C@H](OC(C)=O)C(C)(C)[C@H]4[C@@H](OC(C)=O)[C@H](OC(C)=O)[C@]3(C2)[C@@H]1OC(C)=O. The van der Waals surface area contributed by atoms with E-state index in [1.807, 2.05) is 20.8 Å². The van der Waals surface area contributed by atoms with Crippen LogP contribution in [0.4, 0.5) is 0 Å². The Morgan fingerprint density at radius 3 is 1.97 bits per heavy atom. The molecule has 9 nitrogen and oxygen atoms in total. The third kappa shape index (κ3) is 4.00. The van der Waals surface area contributed by atoms with Gasteiger partial charge in [-0.25, -0.2) is 0 Å². The lowest BCUT2D eigenvalue weighted by Gasteiger charge is -2.67. The second kappa shape index (κ2) is 8.95. The standard InChI is InChI=1S/C28H38O9/c1-13-18-11-19(33)22-27(8)10-9-20(34-14(2)29)26(6,7)23(27)21(35-15(3)30)25(37-17(5)32)28(22,12-18)24(13)36-16(4)31/h18,20-25H,1,9-12H2,2-8H3/t18?,20-,21+,22-,23+,24+,25-,27+,28-/m0/s1. The molecule has 0 aromatic rings. The van der Waals surface area contributed by atoms with E-state index in [-0.39, 0.29) is 18.1 Å². The average molecular weight is 519 g/mol. The average Bonchev–Trinajstić information content (AvgIpc) is 2.94. The van der Waals surface area contributed by atoms with Crippen molar-refractivity contribution in [2.75, 3.05) is 0 Å². The third-order valence-corrected chi connectivity index (χ3v) is 9.55. The Labute approximate surface area is 217 Å². The maximum atomic E-state index is 14.0. The summed E-state index contributed by atoms with van der Waals surface area (Å²) in [5, 5.41) is 0. The molecule has 0 heterocycles. The molecule has 1 unspecified atom stereocenters. The first-order valence-electron chi connectivity index (χ1n) is 13.0. The van der Waals surface area contributed by atoms with Crippen molar-refractivity contribution >= 4 is 29.7 Å². The van der Waals surface area contributed by atoms with Gasteiger partial charge in [-0.2, -0.15) is 0 Å². The fraction of sp³-hybridized carbons (Fsp3) is 0.750. The van der Waals surface area contributed by atoms with E-state index in [9.17, 15) is 24.0 Å². The number of ketones is 1. The van der Waals surface area contributed by atoms with Crippen LogP contribution in [0.2, 0.25) is 0 Å². The summed E-state index contributed by atoms with van der Waals surface area (Å²) < 4.78 is 23.6. The molecule has 9 atom stereocenters. The topological polar surface area (TPSA) is 122 Å². The van der Waals surface area contributed by atoms with Crippen molar-refractivity contribution in [1.82, 2.24) is 0 Å². The highest BCUT2D eigenvalue weighted by Crippen LogP contribution is 2.72. The van der Waals surface area contributed by atoms with Crippen molar-refractivity contribution in [3.05, 3.63) is 12.2 Å². The van der Waals surface area contributed by atoms with Crippen LogP contribution in [0.1, 0.15) is 74.1 Å². The lowest BCUT2D eigenvalue weighted by molar-refractivity contribution is -0.283. The van der Waals surface area contributed by atoms with Crippen LogP contribution in [-0.2, 0) is 42.9 Å². The summed E-state index contributed by atoms with van der Waals surface area (Å²) in [6.07, 6.45) is -1.72. The number of Topliss-reactive ketones (excluding diaryl/α,β-unsaturated/α-hetero) is 1. The third-order valence-electron chi connectivity index (χ3n) is 9.55. The molecule has 4 aliphatic carbocycles. The zero-order valence-corrected chi connectivity index (χ0v) is 22.8. The van der Waals surface area contributed by atoms with E-state index in [0.717, 1.165) is 0 Å². The summed E-state index contributed by atoms with van der Waals surface area (Å²) >= 11 is 0. The number of carbonyl (C=O) groups excluding carboxylic acids is 5. The molecule has 204 valence electrons. The van der Waals surface area contributed by atoms with E-state index in [2.05, 4.69) is 6.58 Å². The fourth-order valence-electron chi connectivity index (χ4n) is 8.83. The molecule has 0 saturated heterocycles. The molecule has 2 bridgehead atoms. The highest BCUT2D eigenvalue weighted by molar-refractivity contribution is 5.86. The summed E-state index contributed by atoms with van der Waals surface area (Å²) in [6, 6.07) is 0. The first-order chi connectivity index (χ1) is 17.1. The summed E-state index contributed by atoms with van der Waals surface area (Å²) in [5.41, 5.74) is -1.99. The van der Waals surface area contributed by atoms with E-state index in [0.29, 0.717) is 24.8 Å². The zero-order chi connectivity index (χ0) is 27.7. The Balaban J connectivity index is 2.00. The highest BCUT2D eigenvalue weighted by atomic mass is 16.6. The van der Waals surface area contributed by atoms with Gasteiger partial charge in [-0.3, -0.25) is 24.0 Å². The van der Waals surface area contributed by atoms with Gasteiger partial charge in [0.2, 0.25) is 0 Å². The van der Waals surface area contributed by atoms with Crippen molar-refractivity contribution < 1.29 is 42.9 Å². The quantitative estimate of drug-likeness (QED) is 0.313. The molecule has 4 fully saturated rings. The summed E-state index contributed by atoms with van der Waals surface area (Å²) in [6.45, 7) is 15.3. The maximum Gasteiger partial charge on any atom is 0.303 e. The lowest BCUT2D eigenvalue weighted by atomic mass is 9.38. The van der Waals surface area contributed by atoms with Crippen LogP contribution in [0.3, 0.4) is 0 Å². The maximum absolute atomic E-state index is 14.0. The van der Waals surface area contributed by atoms with Crippen LogP contribution in [0.5, 0.6) is 0 Å². The summed E-state index contributed by atoms with van der Waals surface area (Å²) in [4.78, 5) is 63.4. The minimum absolute atomic E-state index is 0.000264. The number of fused-ring (bicyclic) bond motifs is 3. The Kier molecular flexibility index (Phi) is 6.61. The Bertz CT molecular complexity index is 1060. The molecule has 0 amide bonds. The van der Waals surface area contributed by atoms with Gasteiger partial charge in [0, 0.05) is 51.4 Å². The van der Waals surface area contributed by atoms with Crippen molar-refractivity contribution in [1.29, 1.82) is 0 Å². The van der Waals surface area contributed by atoms with Crippen molar-refractivity contribution in [3.63, 3.8) is 0 Å². The monoisotopic (exact) mass is 518 g/mol. The first kappa shape index (κ1) is 27.3. The molecule has 0 radical (unpaired) electrons. The molecule has 4 rings (SSSR count). The van der Waals surface area contributed by atoms with Crippen molar-refractivity contribution in [2.24, 2.45) is 34.0 Å². The minimum Gasteiger partial charge on any atom is -0.462 e. The number of rotatable bonds is 4. The van der Waals surface area contributed by atoms with E-state index in [1.54, 1.807) is 0 Å². The van der Waals surface area contributed by atoms with Crippen molar-refractivity contribution in [2.45, 2.75) is 98.6 Å². The fourth-order valence-corrected chi connectivity index (χ4v) is 8.83. The largest absolute Gasteiger partial charge is 0.462 e. The summed E-state index contributed by atoms with van der Waals surface area (Å²) in [7, 11) is 0. The Morgan fingerprint density at radius 1 is 0.865 bits per heavy atom. The number of esters is 4. The van der Waals surface area contributed by atoms with Gasteiger partial charge in [0.1, 0.15) is 30.2 Å². The van der Waals surface area contributed by atoms with Gasteiger partial charge in [0.25, 0.3) is 0 Å². The molecule has 0 aromatic heterocycles. The van der Waals surface area contributed by atoms with Gasteiger partial charge in [0.15, 0.2) is 0 Å². The molecule has 1 spiro atoms. The normalized spacial score (nSPS) is 41.6. The lowest BCUT2D eigenvalue weighted by Crippen LogP contribution is -2.74. The second-order valence-electron chi connectivity index (χ2n) is 12.2. The van der Waals surface area contributed by atoms with Gasteiger partial charge >= 0.3 is 23.9 Å². The zero-order valence-electron chi connectivity index (χ0n) is 22.8. The number of hydrogen-bond acceptors (Lipinski definition) is 9. The van der Waals surface area contributed by atoms with Crippen LogP contribution >= 0.6 is 0 Å². The molecule has 0 aliphatic heterocycles. The number of carbonyl (C=O) groups is 5. The van der Waals surface area contributed by atoms with Gasteiger partial charge in [-0.1, -0.05) is 27.4 Å². The molecule has 4 saturated carbocycles. The van der Waals surface area contributed by atoms with Gasteiger partial charge in [0.05, 0.1) is 5.41 Å². The second-order valence-corrected chi connectivity index (χ2v) is 12.2. The molecule has 9 heteroatoms. The van der Waals surface area contributed by atoms with E-state index >= 15 is 0 Å². The van der Waals surface area contributed by atoms with Gasteiger partial charge in [-0.05, 0) is 36.2 Å². The van der Waals surface area contributed by atoms with Crippen LogP contribution in [0.15, 0.2) is 12.2 Å². The van der Waals surface area contributed by atoms with Crippen LogP contribution in [-0.4, -0.2) is 54.1 Å². The highest BCUT2D eigenvalue weighted by Gasteiger charge is 2.78. The van der Waals surface area contributed by atoms with E-state index < -0.39 is 76.4 Å². The number of ether oxygens (including phenoxy) is 4. The van der Waals surface area contributed by atoms with Crippen LogP contribution in [0.25, 0.3) is 0 Å². The van der Waals surface area contributed by atoms with E-state index in [4.69, 9.17) is 18.9 Å². The minimum atomic E-state index is -1.13. The number of hydrogen-bond donors (Lipinski definition) is 0. The molecular formula is C28H38O9. The smallest absolute Gasteiger partial charge is 0.303 e.